The minimum Gasteiger partial charge on any atom is -0.349 e. The van der Waals surface area contributed by atoms with Crippen molar-refractivity contribution in [3.05, 3.63) is 30.1 Å². The van der Waals surface area contributed by atoms with E-state index in [1.807, 2.05) is 25.1 Å². The number of benzene rings is 1. The molecule has 0 aliphatic heterocycles. The number of imidazole rings is 1. The van der Waals surface area contributed by atoms with Crippen molar-refractivity contribution in [2.75, 3.05) is 0 Å². The molecule has 0 radical (unpaired) electrons. The van der Waals surface area contributed by atoms with E-state index >= 15 is 0 Å². The van der Waals surface area contributed by atoms with Gasteiger partial charge in [-0.25, -0.2) is 4.98 Å². The third-order valence-corrected chi connectivity index (χ3v) is 5.18. The fourth-order valence-electron chi connectivity index (χ4n) is 3.87. The van der Waals surface area contributed by atoms with Gasteiger partial charge in [0.25, 0.3) is 0 Å². The van der Waals surface area contributed by atoms with Crippen LogP contribution >= 0.6 is 0 Å². The van der Waals surface area contributed by atoms with Crippen LogP contribution in [-0.4, -0.2) is 21.0 Å². The van der Waals surface area contributed by atoms with Gasteiger partial charge < -0.3 is 15.6 Å². The van der Waals surface area contributed by atoms with Gasteiger partial charge in [-0.3, -0.25) is 4.79 Å². The van der Waals surface area contributed by atoms with Crippen molar-refractivity contribution < 1.29 is 4.79 Å². The van der Waals surface area contributed by atoms with Gasteiger partial charge in [0.2, 0.25) is 5.91 Å². The summed E-state index contributed by atoms with van der Waals surface area (Å²) in [6, 6.07) is 8.39. The molecule has 3 rings (SSSR count). The van der Waals surface area contributed by atoms with Gasteiger partial charge in [0.05, 0.1) is 23.5 Å². The molecular weight excluding hydrogens is 300 g/mol. The highest BCUT2D eigenvalue weighted by molar-refractivity contribution is 5.80. The van der Waals surface area contributed by atoms with E-state index in [-0.39, 0.29) is 11.8 Å². The van der Waals surface area contributed by atoms with E-state index < -0.39 is 5.54 Å². The van der Waals surface area contributed by atoms with E-state index in [2.05, 4.69) is 29.8 Å². The fraction of sp³-hybridized carbons (Fsp3) is 0.579. The van der Waals surface area contributed by atoms with Crippen molar-refractivity contribution in [1.82, 2.24) is 14.9 Å². The van der Waals surface area contributed by atoms with Crippen molar-refractivity contribution in [1.29, 1.82) is 0 Å². The van der Waals surface area contributed by atoms with Crippen molar-refractivity contribution in [2.24, 2.45) is 11.7 Å². The van der Waals surface area contributed by atoms with E-state index in [1.54, 1.807) is 0 Å². The first-order chi connectivity index (χ1) is 11.4. The zero-order valence-electron chi connectivity index (χ0n) is 14.9. The van der Waals surface area contributed by atoms with Crippen LogP contribution in [-0.2, 0) is 11.3 Å². The van der Waals surface area contributed by atoms with Crippen molar-refractivity contribution >= 4 is 16.9 Å². The number of hydrogen-bond donors (Lipinski definition) is 2. The summed E-state index contributed by atoms with van der Waals surface area (Å²) in [5.74, 6) is 0.847. The molecule has 2 unspecified atom stereocenters. The topological polar surface area (TPSA) is 72.9 Å². The highest BCUT2D eigenvalue weighted by atomic mass is 16.1. The normalized spacial score (nSPS) is 24.5. The minimum atomic E-state index is -0.402. The maximum atomic E-state index is 12.7. The molecule has 1 aromatic carbocycles. The minimum absolute atomic E-state index is 0.0575. The molecule has 0 bridgehead atoms. The van der Waals surface area contributed by atoms with Crippen LogP contribution in [0.1, 0.15) is 58.3 Å². The molecular formula is C19H28N4O. The molecule has 1 heterocycles. The third-order valence-electron chi connectivity index (χ3n) is 5.18. The number of para-hydroxylation sites is 2. The molecule has 3 N–H and O–H groups in total. The van der Waals surface area contributed by atoms with Crippen LogP contribution in [0.15, 0.2) is 24.3 Å². The van der Waals surface area contributed by atoms with Crippen LogP contribution in [0.25, 0.3) is 11.0 Å². The smallest absolute Gasteiger partial charge is 0.225 e. The summed E-state index contributed by atoms with van der Waals surface area (Å²) in [4.78, 5) is 17.4. The molecule has 5 nitrogen and oxygen atoms in total. The van der Waals surface area contributed by atoms with Crippen LogP contribution in [0.2, 0.25) is 0 Å². The van der Waals surface area contributed by atoms with Gasteiger partial charge in [0.1, 0.15) is 5.82 Å². The van der Waals surface area contributed by atoms with Crippen LogP contribution in [0, 0.1) is 5.92 Å². The standard InChI is InChI=1S/C19H28N4O/c1-13(2)23-16-10-5-4-9-15(16)22-17(23)12-21-18(24)14-8-6-7-11-19(14,3)20/h4-5,9-10,13-14H,6-8,11-12,20H2,1-3H3,(H,21,24). The zero-order valence-corrected chi connectivity index (χ0v) is 14.9. The zero-order chi connectivity index (χ0) is 17.3. The van der Waals surface area contributed by atoms with Gasteiger partial charge >= 0.3 is 0 Å². The quantitative estimate of drug-likeness (QED) is 0.905. The third kappa shape index (κ3) is 3.18. The van der Waals surface area contributed by atoms with E-state index in [0.29, 0.717) is 12.6 Å². The molecule has 1 aliphatic rings. The van der Waals surface area contributed by atoms with Crippen LogP contribution in [0.4, 0.5) is 0 Å². The Morgan fingerprint density at radius 2 is 2.17 bits per heavy atom. The molecule has 1 aliphatic carbocycles. The summed E-state index contributed by atoms with van der Waals surface area (Å²) in [7, 11) is 0. The van der Waals surface area contributed by atoms with E-state index in [1.165, 1.54) is 0 Å². The van der Waals surface area contributed by atoms with Crippen LogP contribution in [0.5, 0.6) is 0 Å². The monoisotopic (exact) mass is 328 g/mol. The molecule has 1 fully saturated rings. The summed E-state index contributed by atoms with van der Waals surface area (Å²) < 4.78 is 2.19. The molecule has 5 heteroatoms. The van der Waals surface area contributed by atoms with Crippen molar-refractivity contribution in [3.8, 4) is 0 Å². The molecule has 0 spiro atoms. The number of aromatic nitrogens is 2. The number of nitrogens with two attached hydrogens (primary N) is 1. The van der Waals surface area contributed by atoms with Gasteiger partial charge in [-0.2, -0.15) is 0 Å². The second kappa shape index (κ2) is 6.55. The predicted octanol–water partition coefficient (Wildman–Crippen LogP) is 3.14. The fourth-order valence-corrected chi connectivity index (χ4v) is 3.87. The molecule has 1 aromatic heterocycles. The van der Waals surface area contributed by atoms with Gasteiger partial charge in [-0.1, -0.05) is 25.0 Å². The SMILES string of the molecule is CC(C)n1c(CNC(=O)C2CCCCC2(C)N)nc2ccccc21. The molecule has 1 amide bonds. The van der Waals surface area contributed by atoms with E-state index in [4.69, 9.17) is 10.7 Å². The van der Waals surface area contributed by atoms with E-state index in [0.717, 1.165) is 42.5 Å². The number of hydrogen-bond acceptors (Lipinski definition) is 3. The molecule has 24 heavy (non-hydrogen) atoms. The maximum Gasteiger partial charge on any atom is 0.225 e. The molecule has 130 valence electrons. The first-order valence-corrected chi connectivity index (χ1v) is 8.92. The number of carbonyl (C=O) groups excluding carboxylic acids is 1. The summed E-state index contributed by atoms with van der Waals surface area (Å²) in [6.07, 6.45) is 3.98. The first kappa shape index (κ1) is 17.0. The molecule has 2 atom stereocenters. The Morgan fingerprint density at radius 3 is 2.88 bits per heavy atom. The number of nitrogens with one attached hydrogen (secondary N) is 1. The average Bonchev–Trinajstić information content (AvgIpc) is 2.90. The lowest BCUT2D eigenvalue weighted by molar-refractivity contribution is -0.128. The van der Waals surface area contributed by atoms with Crippen molar-refractivity contribution in [3.63, 3.8) is 0 Å². The summed E-state index contributed by atoms with van der Waals surface area (Å²) in [6.45, 7) is 6.72. The van der Waals surface area contributed by atoms with Gasteiger partial charge in [0.15, 0.2) is 0 Å². The average molecular weight is 328 g/mol. The Bertz CT molecular complexity index is 732. The molecule has 1 saturated carbocycles. The number of fused-ring (bicyclic) bond motifs is 1. The summed E-state index contributed by atoms with van der Waals surface area (Å²) in [5.41, 5.74) is 8.03. The van der Waals surface area contributed by atoms with Gasteiger partial charge in [-0.15, -0.1) is 0 Å². The largest absolute Gasteiger partial charge is 0.349 e. The lowest BCUT2D eigenvalue weighted by Crippen LogP contribution is -2.52. The number of rotatable bonds is 4. The second-order valence-corrected chi connectivity index (χ2v) is 7.50. The Balaban J connectivity index is 1.78. The number of carbonyl (C=O) groups is 1. The number of amides is 1. The van der Waals surface area contributed by atoms with Crippen LogP contribution < -0.4 is 11.1 Å². The molecule has 0 saturated heterocycles. The lowest BCUT2D eigenvalue weighted by Gasteiger charge is -2.37. The van der Waals surface area contributed by atoms with Gasteiger partial charge in [-0.05, 0) is 45.7 Å². The van der Waals surface area contributed by atoms with Crippen LogP contribution in [0.3, 0.4) is 0 Å². The Hall–Kier alpha value is -1.88. The summed E-state index contributed by atoms with van der Waals surface area (Å²) >= 11 is 0. The number of nitrogens with zero attached hydrogens (tertiary/aromatic N) is 2. The highest BCUT2D eigenvalue weighted by Gasteiger charge is 2.37. The van der Waals surface area contributed by atoms with Gasteiger partial charge in [0, 0.05) is 11.6 Å². The lowest BCUT2D eigenvalue weighted by atomic mass is 9.74. The van der Waals surface area contributed by atoms with E-state index in [9.17, 15) is 4.79 Å². The second-order valence-electron chi connectivity index (χ2n) is 7.50. The van der Waals surface area contributed by atoms with Crippen molar-refractivity contribution in [2.45, 2.75) is 64.6 Å². The first-order valence-electron chi connectivity index (χ1n) is 8.92. The Labute approximate surface area is 143 Å². The Morgan fingerprint density at radius 1 is 1.42 bits per heavy atom. The Kier molecular flexibility index (Phi) is 4.63. The predicted molar refractivity (Wildman–Crippen MR) is 96.5 cm³/mol. The summed E-state index contributed by atoms with van der Waals surface area (Å²) in [5, 5.41) is 3.08. The maximum absolute atomic E-state index is 12.7. The highest BCUT2D eigenvalue weighted by Crippen LogP contribution is 2.31. The molecule has 2 aromatic rings.